The molecule has 0 radical (unpaired) electrons. The van der Waals surface area contributed by atoms with Gasteiger partial charge in [-0.05, 0) is 25.8 Å². The number of phenolic OH excluding ortho intramolecular Hbond substituents is 1. The van der Waals surface area contributed by atoms with Crippen molar-refractivity contribution in [1.29, 1.82) is 0 Å². The van der Waals surface area contributed by atoms with Gasteiger partial charge in [-0.2, -0.15) is 0 Å². The fourth-order valence-corrected chi connectivity index (χ4v) is 2.57. The predicted molar refractivity (Wildman–Crippen MR) is 75.1 cm³/mol. The monoisotopic (exact) mass is 262 g/mol. The molecule has 4 nitrogen and oxygen atoms in total. The van der Waals surface area contributed by atoms with Crippen LogP contribution in [0.4, 0.5) is 4.79 Å². The first-order valence-corrected chi connectivity index (χ1v) is 6.91. The van der Waals surface area contributed by atoms with Crippen molar-refractivity contribution in [3.8, 4) is 5.75 Å². The van der Waals surface area contributed by atoms with Crippen molar-refractivity contribution in [3.63, 3.8) is 0 Å². The average molecular weight is 262 g/mol. The largest absolute Gasteiger partial charge is 0.508 e. The average Bonchev–Trinajstić information content (AvgIpc) is 2.90. The molecule has 1 saturated carbocycles. The van der Waals surface area contributed by atoms with Crippen LogP contribution < -0.4 is 5.32 Å². The van der Waals surface area contributed by atoms with Crippen molar-refractivity contribution < 1.29 is 9.90 Å². The maximum absolute atomic E-state index is 12.2. The summed E-state index contributed by atoms with van der Waals surface area (Å²) in [4.78, 5) is 13.8. The number of rotatable bonds is 3. The lowest BCUT2D eigenvalue weighted by atomic mass is 10.1. The molecule has 1 aromatic carbocycles. The number of carbonyl (C=O) groups excluding carboxylic acids is 1. The lowest BCUT2D eigenvalue weighted by molar-refractivity contribution is 0.189. The van der Waals surface area contributed by atoms with Gasteiger partial charge in [-0.25, -0.2) is 4.79 Å². The molecule has 0 aliphatic heterocycles. The zero-order valence-electron chi connectivity index (χ0n) is 11.6. The molecule has 2 rings (SSSR count). The van der Waals surface area contributed by atoms with Gasteiger partial charge in [0.15, 0.2) is 0 Å². The van der Waals surface area contributed by atoms with Gasteiger partial charge in [0.1, 0.15) is 5.75 Å². The Morgan fingerprint density at radius 2 is 2.00 bits per heavy atom. The minimum absolute atomic E-state index is 0.0670. The van der Waals surface area contributed by atoms with Crippen LogP contribution in [-0.2, 0) is 0 Å². The molecule has 0 saturated heterocycles. The van der Waals surface area contributed by atoms with Crippen LogP contribution in [0.15, 0.2) is 24.3 Å². The Bertz CT molecular complexity index is 442. The van der Waals surface area contributed by atoms with Crippen molar-refractivity contribution in [3.05, 3.63) is 29.8 Å². The highest BCUT2D eigenvalue weighted by Gasteiger charge is 2.23. The maximum Gasteiger partial charge on any atom is 0.317 e. The second-order valence-corrected chi connectivity index (χ2v) is 5.28. The molecule has 0 heterocycles. The molecule has 0 aromatic heterocycles. The molecule has 2 amide bonds. The van der Waals surface area contributed by atoms with Gasteiger partial charge in [-0.3, -0.25) is 0 Å². The third-order valence-electron chi connectivity index (χ3n) is 3.97. The number of carbonyl (C=O) groups is 1. The summed E-state index contributed by atoms with van der Waals surface area (Å²) < 4.78 is 0. The van der Waals surface area contributed by atoms with Gasteiger partial charge in [0.05, 0.1) is 6.04 Å². The van der Waals surface area contributed by atoms with E-state index in [0.29, 0.717) is 6.04 Å². The quantitative estimate of drug-likeness (QED) is 0.879. The van der Waals surface area contributed by atoms with E-state index in [1.165, 1.54) is 12.8 Å². The van der Waals surface area contributed by atoms with E-state index in [1.54, 1.807) is 24.1 Å². The Labute approximate surface area is 114 Å². The molecule has 19 heavy (non-hydrogen) atoms. The first-order valence-electron chi connectivity index (χ1n) is 6.91. The summed E-state index contributed by atoms with van der Waals surface area (Å²) in [5.41, 5.74) is 0.770. The van der Waals surface area contributed by atoms with E-state index in [9.17, 15) is 9.90 Å². The smallest absolute Gasteiger partial charge is 0.317 e. The van der Waals surface area contributed by atoms with Gasteiger partial charge >= 0.3 is 6.03 Å². The second-order valence-electron chi connectivity index (χ2n) is 5.28. The molecule has 0 bridgehead atoms. The summed E-state index contributed by atoms with van der Waals surface area (Å²) in [6.45, 7) is 1.92. The zero-order chi connectivity index (χ0) is 13.8. The number of amides is 2. The third kappa shape index (κ3) is 3.19. The fourth-order valence-electron chi connectivity index (χ4n) is 2.57. The van der Waals surface area contributed by atoms with E-state index in [-0.39, 0.29) is 17.8 Å². The fraction of sp³-hybridized carbons (Fsp3) is 0.533. The Morgan fingerprint density at radius 1 is 1.37 bits per heavy atom. The standard InChI is InChI=1S/C15H22N2O2/c1-11(13-9-5-6-10-14(13)18)17(2)15(19)16-12-7-3-4-8-12/h5-6,9-12,18H,3-4,7-8H2,1-2H3,(H,16,19). The molecule has 1 aromatic rings. The van der Waals surface area contributed by atoms with Crippen molar-refractivity contribution in [2.45, 2.75) is 44.7 Å². The highest BCUT2D eigenvalue weighted by Crippen LogP contribution is 2.27. The molecule has 1 unspecified atom stereocenters. The third-order valence-corrected chi connectivity index (χ3v) is 3.97. The number of benzene rings is 1. The number of urea groups is 1. The summed E-state index contributed by atoms with van der Waals surface area (Å²) >= 11 is 0. The lowest BCUT2D eigenvalue weighted by Crippen LogP contribution is -2.43. The van der Waals surface area contributed by atoms with Crippen LogP contribution in [0.2, 0.25) is 0 Å². The van der Waals surface area contributed by atoms with Gasteiger partial charge in [0.25, 0.3) is 0 Å². The molecule has 104 valence electrons. The Hall–Kier alpha value is -1.71. The molecular weight excluding hydrogens is 240 g/mol. The molecule has 1 aliphatic carbocycles. The summed E-state index contributed by atoms with van der Waals surface area (Å²) in [6, 6.07) is 7.24. The normalized spacial score (nSPS) is 17.2. The zero-order valence-corrected chi connectivity index (χ0v) is 11.6. The van der Waals surface area contributed by atoms with Gasteiger partial charge in [0, 0.05) is 18.7 Å². The second kappa shape index (κ2) is 5.95. The van der Waals surface area contributed by atoms with Crippen molar-refractivity contribution in [2.24, 2.45) is 0 Å². The summed E-state index contributed by atoms with van der Waals surface area (Å²) in [5, 5.41) is 12.9. The predicted octanol–water partition coefficient (Wildman–Crippen LogP) is 3.04. The molecule has 1 atom stereocenters. The van der Waals surface area contributed by atoms with E-state index in [4.69, 9.17) is 0 Å². The van der Waals surface area contributed by atoms with Crippen LogP contribution in [0.25, 0.3) is 0 Å². The number of aromatic hydroxyl groups is 1. The number of hydrogen-bond donors (Lipinski definition) is 2. The van der Waals surface area contributed by atoms with Crippen LogP contribution >= 0.6 is 0 Å². The minimum Gasteiger partial charge on any atom is -0.508 e. The Morgan fingerprint density at radius 3 is 2.63 bits per heavy atom. The molecule has 1 aliphatic rings. The van der Waals surface area contributed by atoms with Crippen LogP contribution in [0, 0.1) is 0 Å². The minimum atomic E-state index is -0.150. The molecule has 0 spiro atoms. The first kappa shape index (κ1) is 13.7. The van der Waals surface area contributed by atoms with Crippen molar-refractivity contribution in [1.82, 2.24) is 10.2 Å². The van der Waals surface area contributed by atoms with E-state index < -0.39 is 0 Å². The topological polar surface area (TPSA) is 52.6 Å². The first-order chi connectivity index (χ1) is 9.09. The van der Waals surface area contributed by atoms with Gasteiger partial charge in [-0.1, -0.05) is 31.0 Å². The molecule has 4 heteroatoms. The highest BCUT2D eigenvalue weighted by atomic mass is 16.3. The number of phenols is 1. The summed E-state index contributed by atoms with van der Waals surface area (Å²) in [5.74, 6) is 0.232. The highest BCUT2D eigenvalue weighted by molar-refractivity contribution is 5.75. The SMILES string of the molecule is CC(c1ccccc1O)N(C)C(=O)NC1CCCC1. The molecule has 2 N–H and O–H groups in total. The number of para-hydroxylation sites is 1. The van der Waals surface area contributed by atoms with Gasteiger partial charge < -0.3 is 15.3 Å². The molecular formula is C15H22N2O2. The van der Waals surface area contributed by atoms with Gasteiger partial charge in [-0.15, -0.1) is 0 Å². The number of hydrogen-bond acceptors (Lipinski definition) is 2. The number of nitrogens with zero attached hydrogens (tertiary/aromatic N) is 1. The molecule has 1 fully saturated rings. The number of nitrogens with one attached hydrogen (secondary N) is 1. The van der Waals surface area contributed by atoms with E-state index in [0.717, 1.165) is 18.4 Å². The van der Waals surface area contributed by atoms with Gasteiger partial charge in [0.2, 0.25) is 0 Å². The van der Waals surface area contributed by atoms with Crippen LogP contribution in [0.3, 0.4) is 0 Å². The van der Waals surface area contributed by atoms with Crippen LogP contribution in [0.1, 0.15) is 44.2 Å². The lowest BCUT2D eigenvalue weighted by Gasteiger charge is -2.27. The maximum atomic E-state index is 12.2. The van der Waals surface area contributed by atoms with Crippen molar-refractivity contribution >= 4 is 6.03 Å². The summed E-state index contributed by atoms with van der Waals surface area (Å²) in [7, 11) is 1.77. The van der Waals surface area contributed by atoms with E-state index in [1.807, 2.05) is 19.1 Å². The van der Waals surface area contributed by atoms with Crippen LogP contribution in [-0.4, -0.2) is 29.1 Å². The Kier molecular flexibility index (Phi) is 4.30. The van der Waals surface area contributed by atoms with E-state index in [2.05, 4.69) is 5.32 Å². The van der Waals surface area contributed by atoms with E-state index >= 15 is 0 Å². The van der Waals surface area contributed by atoms with Crippen molar-refractivity contribution in [2.75, 3.05) is 7.05 Å². The summed E-state index contributed by atoms with van der Waals surface area (Å²) in [6.07, 6.45) is 4.54. The Balaban J connectivity index is 2.00. The van der Waals surface area contributed by atoms with Crippen LogP contribution in [0.5, 0.6) is 5.75 Å².